The molecule has 0 spiro atoms. The summed E-state index contributed by atoms with van der Waals surface area (Å²) >= 11 is 0. The van der Waals surface area contributed by atoms with Crippen LogP contribution >= 0.6 is 0 Å². The molecule has 0 radical (unpaired) electrons. The lowest BCUT2D eigenvalue weighted by Gasteiger charge is -2.40. The second kappa shape index (κ2) is 5.38. The lowest BCUT2D eigenvalue weighted by Crippen LogP contribution is -2.45. The second-order valence-corrected chi connectivity index (χ2v) is 6.14. The van der Waals surface area contributed by atoms with E-state index in [9.17, 15) is 4.79 Å². The molecule has 17 heavy (non-hydrogen) atoms. The van der Waals surface area contributed by atoms with Crippen molar-refractivity contribution in [1.29, 1.82) is 0 Å². The maximum atomic E-state index is 12.0. The predicted octanol–water partition coefficient (Wildman–Crippen LogP) is 2.20. The van der Waals surface area contributed by atoms with Crippen LogP contribution in [0.25, 0.3) is 0 Å². The van der Waals surface area contributed by atoms with Gasteiger partial charge >= 0.3 is 0 Å². The molecule has 0 aliphatic heterocycles. The van der Waals surface area contributed by atoms with Gasteiger partial charge in [-0.05, 0) is 50.5 Å². The van der Waals surface area contributed by atoms with Gasteiger partial charge in [-0.1, -0.05) is 19.3 Å². The minimum absolute atomic E-state index is 0.138. The first-order valence-corrected chi connectivity index (χ1v) is 7.15. The van der Waals surface area contributed by atoms with Crippen molar-refractivity contribution in [2.75, 3.05) is 6.54 Å². The van der Waals surface area contributed by atoms with Gasteiger partial charge in [0.1, 0.15) is 0 Å². The summed E-state index contributed by atoms with van der Waals surface area (Å²) in [7, 11) is 0. The molecule has 3 N–H and O–H groups in total. The average Bonchev–Trinajstić information content (AvgIpc) is 2.76. The van der Waals surface area contributed by atoms with Crippen LogP contribution in [0.2, 0.25) is 0 Å². The van der Waals surface area contributed by atoms with Gasteiger partial charge in [0.2, 0.25) is 5.91 Å². The van der Waals surface area contributed by atoms with E-state index in [1.54, 1.807) is 0 Å². The van der Waals surface area contributed by atoms with E-state index in [0.29, 0.717) is 24.9 Å². The van der Waals surface area contributed by atoms with Gasteiger partial charge < -0.3 is 11.1 Å². The molecule has 3 nitrogen and oxygen atoms in total. The molecule has 1 atom stereocenters. The van der Waals surface area contributed by atoms with Crippen LogP contribution in [0.3, 0.4) is 0 Å². The highest BCUT2D eigenvalue weighted by atomic mass is 16.1. The predicted molar refractivity (Wildman–Crippen MR) is 69.5 cm³/mol. The zero-order valence-electron chi connectivity index (χ0n) is 11.0. The molecule has 1 unspecified atom stereocenters. The highest BCUT2D eigenvalue weighted by Crippen LogP contribution is 2.42. The summed E-state index contributed by atoms with van der Waals surface area (Å²) in [6, 6.07) is 0.347. The molecule has 2 saturated carbocycles. The molecule has 0 saturated heterocycles. The van der Waals surface area contributed by atoms with Crippen molar-refractivity contribution in [3.63, 3.8) is 0 Å². The van der Waals surface area contributed by atoms with Crippen LogP contribution in [0.15, 0.2) is 0 Å². The number of hydrogen-bond donors (Lipinski definition) is 2. The first kappa shape index (κ1) is 12.9. The van der Waals surface area contributed by atoms with Crippen molar-refractivity contribution in [1.82, 2.24) is 5.32 Å². The molecule has 0 bridgehead atoms. The summed E-state index contributed by atoms with van der Waals surface area (Å²) in [5, 5.41) is 3.19. The lowest BCUT2D eigenvalue weighted by molar-refractivity contribution is -0.125. The Kier molecular flexibility index (Phi) is 4.08. The fourth-order valence-corrected chi connectivity index (χ4v) is 3.35. The summed E-state index contributed by atoms with van der Waals surface area (Å²) in [6.45, 7) is 2.82. The molecule has 98 valence electrons. The number of rotatable bonds is 5. The van der Waals surface area contributed by atoms with Crippen LogP contribution in [0.4, 0.5) is 0 Å². The van der Waals surface area contributed by atoms with Gasteiger partial charge in [0.05, 0.1) is 0 Å². The third-order valence-corrected chi connectivity index (χ3v) is 4.88. The average molecular weight is 238 g/mol. The van der Waals surface area contributed by atoms with Crippen molar-refractivity contribution in [3.8, 4) is 0 Å². The summed E-state index contributed by atoms with van der Waals surface area (Å²) < 4.78 is 0. The minimum Gasteiger partial charge on any atom is -0.353 e. The Labute approximate surface area is 105 Å². The molecule has 0 aromatic rings. The molecule has 0 heterocycles. The maximum absolute atomic E-state index is 12.0. The van der Waals surface area contributed by atoms with E-state index in [0.717, 1.165) is 12.8 Å². The van der Waals surface area contributed by atoms with Crippen molar-refractivity contribution in [2.24, 2.45) is 17.1 Å². The minimum atomic E-state index is 0.138. The number of nitrogens with two attached hydrogens (primary N) is 1. The first-order chi connectivity index (χ1) is 8.15. The standard InChI is InChI=1S/C14H26N2O/c1-11(12-5-2-3-6-12)16-13(17)9-14(10-15)7-4-8-14/h11-12H,2-10,15H2,1H3,(H,16,17). The van der Waals surface area contributed by atoms with E-state index in [-0.39, 0.29) is 11.3 Å². The van der Waals surface area contributed by atoms with E-state index in [1.807, 2.05) is 0 Å². The van der Waals surface area contributed by atoms with E-state index >= 15 is 0 Å². The Balaban J connectivity index is 1.76. The van der Waals surface area contributed by atoms with Gasteiger partial charge in [0.15, 0.2) is 0 Å². The lowest BCUT2D eigenvalue weighted by atomic mass is 9.66. The summed E-state index contributed by atoms with van der Waals surface area (Å²) in [4.78, 5) is 12.0. The number of carbonyl (C=O) groups excluding carboxylic acids is 1. The summed E-state index contributed by atoms with van der Waals surface area (Å²) in [5.41, 5.74) is 5.93. The quantitative estimate of drug-likeness (QED) is 0.771. The topological polar surface area (TPSA) is 55.1 Å². The summed E-state index contributed by atoms with van der Waals surface area (Å²) in [5.74, 6) is 0.920. The number of hydrogen-bond acceptors (Lipinski definition) is 2. The van der Waals surface area contributed by atoms with Gasteiger partial charge in [0.25, 0.3) is 0 Å². The van der Waals surface area contributed by atoms with Crippen LogP contribution < -0.4 is 11.1 Å². The van der Waals surface area contributed by atoms with Gasteiger partial charge in [-0.2, -0.15) is 0 Å². The first-order valence-electron chi connectivity index (χ1n) is 7.15. The Bertz CT molecular complexity index is 262. The van der Waals surface area contributed by atoms with Crippen LogP contribution in [0.5, 0.6) is 0 Å². The van der Waals surface area contributed by atoms with Crippen LogP contribution in [-0.4, -0.2) is 18.5 Å². The van der Waals surface area contributed by atoms with Crippen LogP contribution in [0, 0.1) is 11.3 Å². The van der Waals surface area contributed by atoms with Crippen molar-refractivity contribution < 1.29 is 4.79 Å². The van der Waals surface area contributed by atoms with E-state index in [1.165, 1.54) is 32.1 Å². The van der Waals surface area contributed by atoms with Crippen molar-refractivity contribution in [3.05, 3.63) is 0 Å². The number of amides is 1. The van der Waals surface area contributed by atoms with Gasteiger partial charge in [0, 0.05) is 12.5 Å². The fourth-order valence-electron chi connectivity index (χ4n) is 3.35. The Morgan fingerprint density at radius 1 is 1.35 bits per heavy atom. The Morgan fingerprint density at radius 3 is 2.47 bits per heavy atom. The zero-order chi connectivity index (χ0) is 12.3. The van der Waals surface area contributed by atoms with Crippen molar-refractivity contribution in [2.45, 2.75) is 64.3 Å². The second-order valence-electron chi connectivity index (χ2n) is 6.14. The van der Waals surface area contributed by atoms with Crippen LogP contribution in [-0.2, 0) is 4.79 Å². The van der Waals surface area contributed by atoms with E-state index < -0.39 is 0 Å². The SMILES string of the molecule is CC(NC(=O)CC1(CN)CCC1)C1CCCC1. The normalized spacial score (nSPS) is 25.3. The highest BCUT2D eigenvalue weighted by Gasteiger charge is 2.38. The molecular weight excluding hydrogens is 212 g/mol. The molecule has 2 aliphatic rings. The van der Waals surface area contributed by atoms with Crippen molar-refractivity contribution >= 4 is 5.91 Å². The zero-order valence-corrected chi connectivity index (χ0v) is 11.0. The molecule has 2 rings (SSSR count). The third-order valence-electron chi connectivity index (χ3n) is 4.88. The number of nitrogens with one attached hydrogen (secondary N) is 1. The largest absolute Gasteiger partial charge is 0.353 e. The maximum Gasteiger partial charge on any atom is 0.220 e. The summed E-state index contributed by atoms with van der Waals surface area (Å²) in [6.07, 6.45) is 9.37. The fraction of sp³-hybridized carbons (Fsp3) is 0.929. The molecule has 2 aliphatic carbocycles. The number of carbonyl (C=O) groups is 1. The molecule has 0 aromatic carbocycles. The Morgan fingerprint density at radius 2 is 2.00 bits per heavy atom. The molecule has 3 heteroatoms. The van der Waals surface area contributed by atoms with Crippen LogP contribution in [0.1, 0.15) is 58.3 Å². The smallest absolute Gasteiger partial charge is 0.220 e. The molecular formula is C14H26N2O. The van der Waals surface area contributed by atoms with Gasteiger partial charge in [-0.15, -0.1) is 0 Å². The molecule has 2 fully saturated rings. The Hall–Kier alpha value is -0.570. The third kappa shape index (κ3) is 3.01. The highest BCUT2D eigenvalue weighted by molar-refractivity contribution is 5.77. The van der Waals surface area contributed by atoms with Gasteiger partial charge in [-0.25, -0.2) is 0 Å². The molecule has 0 aromatic heterocycles. The van der Waals surface area contributed by atoms with Gasteiger partial charge in [-0.3, -0.25) is 4.79 Å². The van der Waals surface area contributed by atoms with E-state index in [4.69, 9.17) is 5.73 Å². The molecule has 1 amide bonds. The van der Waals surface area contributed by atoms with E-state index in [2.05, 4.69) is 12.2 Å². The monoisotopic (exact) mass is 238 g/mol.